The van der Waals surface area contributed by atoms with Crippen LogP contribution in [0.2, 0.25) is 0 Å². The van der Waals surface area contributed by atoms with Crippen LogP contribution in [0.1, 0.15) is 49.4 Å². The molecule has 1 aromatic carbocycles. The number of piperidine rings is 1. The molecule has 0 saturated carbocycles. The van der Waals surface area contributed by atoms with E-state index < -0.39 is 10.0 Å². The minimum Gasteiger partial charge on any atom is -0.371 e. The molecule has 0 spiro atoms. The van der Waals surface area contributed by atoms with Crippen molar-refractivity contribution in [2.24, 2.45) is 5.92 Å². The van der Waals surface area contributed by atoms with Crippen molar-refractivity contribution in [2.75, 3.05) is 45.2 Å². The number of carbonyl (C=O) groups is 1. The number of sulfonamides is 1. The molecule has 7 heteroatoms. The molecular weight excluding hydrogens is 362 g/mol. The number of likely N-dealkylation sites (tertiary alicyclic amines) is 1. The minimum absolute atomic E-state index is 0.0362. The van der Waals surface area contributed by atoms with E-state index in [0.29, 0.717) is 11.5 Å². The molecule has 1 aromatic rings. The number of carbonyl (C=O) groups excluding carboxylic acids is 1. The van der Waals surface area contributed by atoms with Crippen LogP contribution in [0.25, 0.3) is 0 Å². The Labute approximate surface area is 163 Å². The molecule has 1 atom stereocenters. The second-order valence-corrected chi connectivity index (χ2v) is 9.98. The first kappa shape index (κ1) is 20.1. The maximum Gasteiger partial charge on any atom is 0.256 e. The standard InChI is InChI=1S/C20H31N3O3S/c1-4-16-8-7-13-23(15-16)20(24)18-14-17(27(25,26)21(2)3)9-10-19(18)22-11-5-6-12-22/h9-10,14,16H,4-8,11-13,15H2,1-3H3. The lowest BCUT2D eigenvalue weighted by molar-refractivity contribution is 0.0671. The molecule has 0 aliphatic carbocycles. The van der Waals surface area contributed by atoms with Crippen LogP contribution in [0.3, 0.4) is 0 Å². The number of rotatable bonds is 5. The van der Waals surface area contributed by atoms with E-state index in [2.05, 4.69) is 11.8 Å². The highest BCUT2D eigenvalue weighted by atomic mass is 32.2. The molecular formula is C20H31N3O3S. The highest BCUT2D eigenvalue weighted by Gasteiger charge is 2.29. The van der Waals surface area contributed by atoms with Gasteiger partial charge in [-0.25, -0.2) is 12.7 Å². The van der Waals surface area contributed by atoms with Gasteiger partial charge in [0.2, 0.25) is 10.0 Å². The third-order valence-corrected chi connectivity index (χ3v) is 7.62. The van der Waals surface area contributed by atoms with E-state index in [4.69, 9.17) is 0 Å². The fraction of sp³-hybridized carbons (Fsp3) is 0.650. The van der Waals surface area contributed by atoms with Crippen LogP contribution in [-0.2, 0) is 10.0 Å². The maximum absolute atomic E-state index is 13.4. The first-order chi connectivity index (χ1) is 12.8. The number of nitrogens with zero attached hydrogens (tertiary/aromatic N) is 3. The summed E-state index contributed by atoms with van der Waals surface area (Å²) in [7, 11) is -0.544. The Morgan fingerprint density at radius 2 is 1.85 bits per heavy atom. The molecule has 3 rings (SSSR count). The summed E-state index contributed by atoms with van der Waals surface area (Å²) in [4.78, 5) is 17.7. The zero-order chi connectivity index (χ0) is 19.6. The van der Waals surface area contributed by atoms with Gasteiger partial charge in [0.1, 0.15) is 0 Å². The predicted molar refractivity (Wildman–Crippen MR) is 108 cm³/mol. The molecule has 0 N–H and O–H groups in total. The van der Waals surface area contributed by atoms with Crippen LogP contribution < -0.4 is 4.90 Å². The number of amides is 1. The summed E-state index contributed by atoms with van der Waals surface area (Å²) < 4.78 is 26.4. The molecule has 0 radical (unpaired) electrons. The van der Waals surface area contributed by atoms with E-state index in [1.54, 1.807) is 12.1 Å². The molecule has 6 nitrogen and oxygen atoms in total. The average Bonchev–Trinajstić information content (AvgIpc) is 3.21. The van der Waals surface area contributed by atoms with E-state index in [9.17, 15) is 13.2 Å². The number of hydrogen-bond acceptors (Lipinski definition) is 4. The van der Waals surface area contributed by atoms with Gasteiger partial charge in [0.15, 0.2) is 0 Å². The van der Waals surface area contributed by atoms with Crippen LogP contribution in [0.15, 0.2) is 23.1 Å². The topological polar surface area (TPSA) is 60.9 Å². The van der Waals surface area contributed by atoms with Crippen molar-refractivity contribution in [3.05, 3.63) is 23.8 Å². The van der Waals surface area contributed by atoms with Gasteiger partial charge in [-0.05, 0) is 49.8 Å². The van der Waals surface area contributed by atoms with Gasteiger partial charge in [-0.3, -0.25) is 4.79 Å². The van der Waals surface area contributed by atoms with Crippen LogP contribution in [0, 0.1) is 5.92 Å². The summed E-state index contributed by atoms with van der Waals surface area (Å²) >= 11 is 0. The largest absolute Gasteiger partial charge is 0.371 e. The van der Waals surface area contributed by atoms with Crippen LogP contribution >= 0.6 is 0 Å². The average molecular weight is 394 g/mol. The fourth-order valence-corrected chi connectivity index (χ4v) is 4.97. The van der Waals surface area contributed by atoms with Crippen molar-refractivity contribution in [2.45, 2.75) is 43.9 Å². The first-order valence-electron chi connectivity index (χ1n) is 9.95. The Morgan fingerprint density at radius 1 is 1.15 bits per heavy atom. The SMILES string of the molecule is CCC1CCCN(C(=O)c2cc(S(=O)(=O)N(C)C)ccc2N2CCCC2)C1. The lowest BCUT2D eigenvalue weighted by Gasteiger charge is -2.33. The minimum atomic E-state index is -3.58. The molecule has 2 heterocycles. The Morgan fingerprint density at radius 3 is 2.48 bits per heavy atom. The van der Waals surface area contributed by atoms with E-state index in [1.807, 2.05) is 11.0 Å². The molecule has 2 aliphatic rings. The zero-order valence-electron chi connectivity index (χ0n) is 16.6. The first-order valence-corrected chi connectivity index (χ1v) is 11.4. The second kappa shape index (κ2) is 8.19. The van der Waals surface area contributed by atoms with Gasteiger partial charge >= 0.3 is 0 Å². The van der Waals surface area contributed by atoms with Crippen LogP contribution in [-0.4, -0.2) is 63.8 Å². The predicted octanol–water partition coefficient (Wildman–Crippen LogP) is 2.80. The summed E-state index contributed by atoms with van der Waals surface area (Å²) in [5, 5.41) is 0. The van der Waals surface area contributed by atoms with Gasteiger partial charge in [-0.1, -0.05) is 13.3 Å². The molecule has 2 fully saturated rings. The van der Waals surface area contributed by atoms with Gasteiger partial charge in [0, 0.05) is 46.0 Å². The lowest BCUT2D eigenvalue weighted by atomic mass is 9.95. The van der Waals surface area contributed by atoms with Crippen molar-refractivity contribution >= 4 is 21.6 Å². The fourth-order valence-electron chi connectivity index (χ4n) is 4.04. The third-order valence-electron chi connectivity index (χ3n) is 5.81. The summed E-state index contributed by atoms with van der Waals surface area (Å²) in [6.45, 7) is 5.51. The van der Waals surface area contributed by atoms with E-state index in [0.717, 1.165) is 64.0 Å². The zero-order valence-corrected chi connectivity index (χ0v) is 17.5. The molecule has 1 amide bonds. The van der Waals surface area contributed by atoms with Gasteiger partial charge < -0.3 is 9.80 Å². The van der Waals surface area contributed by atoms with Crippen molar-refractivity contribution in [3.8, 4) is 0 Å². The van der Waals surface area contributed by atoms with Crippen LogP contribution in [0.5, 0.6) is 0 Å². The van der Waals surface area contributed by atoms with Gasteiger partial charge in [0.05, 0.1) is 10.5 Å². The maximum atomic E-state index is 13.4. The normalized spacial score (nSPS) is 21.1. The Bertz CT molecular complexity index is 786. The number of anilines is 1. The monoisotopic (exact) mass is 393 g/mol. The van der Waals surface area contributed by atoms with E-state index in [1.165, 1.54) is 18.4 Å². The summed E-state index contributed by atoms with van der Waals surface area (Å²) in [5.41, 5.74) is 1.39. The lowest BCUT2D eigenvalue weighted by Crippen LogP contribution is -2.40. The van der Waals surface area contributed by atoms with Crippen molar-refractivity contribution < 1.29 is 13.2 Å². The quantitative estimate of drug-likeness (QED) is 0.772. The van der Waals surface area contributed by atoms with E-state index >= 15 is 0 Å². The second-order valence-electron chi connectivity index (χ2n) is 7.83. The third kappa shape index (κ3) is 4.14. The van der Waals surface area contributed by atoms with Crippen LogP contribution in [0.4, 0.5) is 5.69 Å². The van der Waals surface area contributed by atoms with Crippen molar-refractivity contribution in [1.29, 1.82) is 0 Å². The Hall–Kier alpha value is -1.60. The van der Waals surface area contributed by atoms with E-state index in [-0.39, 0.29) is 10.8 Å². The Balaban J connectivity index is 2.00. The number of hydrogen-bond donors (Lipinski definition) is 0. The molecule has 27 heavy (non-hydrogen) atoms. The number of benzene rings is 1. The van der Waals surface area contributed by atoms with Gasteiger partial charge in [-0.15, -0.1) is 0 Å². The molecule has 150 valence electrons. The van der Waals surface area contributed by atoms with Gasteiger partial charge in [0.25, 0.3) is 5.91 Å². The molecule has 0 bridgehead atoms. The molecule has 2 saturated heterocycles. The summed E-state index contributed by atoms with van der Waals surface area (Å²) in [6, 6.07) is 5.03. The highest BCUT2D eigenvalue weighted by molar-refractivity contribution is 7.89. The molecule has 2 aliphatic heterocycles. The molecule has 0 aromatic heterocycles. The van der Waals surface area contributed by atoms with Gasteiger partial charge in [-0.2, -0.15) is 0 Å². The van der Waals surface area contributed by atoms with Crippen molar-refractivity contribution in [3.63, 3.8) is 0 Å². The Kier molecular flexibility index (Phi) is 6.11. The molecule has 1 unspecified atom stereocenters. The van der Waals surface area contributed by atoms with Crippen molar-refractivity contribution in [1.82, 2.24) is 9.21 Å². The highest BCUT2D eigenvalue weighted by Crippen LogP contribution is 2.30. The summed E-state index contributed by atoms with van der Waals surface area (Å²) in [5.74, 6) is 0.498. The smallest absolute Gasteiger partial charge is 0.256 e. The summed E-state index contributed by atoms with van der Waals surface area (Å²) in [6.07, 6.45) is 5.45.